The zero-order chi connectivity index (χ0) is 21.5. The normalized spacial score (nSPS) is 10.5. The first-order valence-electron chi connectivity index (χ1n) is 9.81. The molecule has 5 nitrogen and oxygen atoms in total. The maximum Gasteiger partial charge on any atom is 0.224 e. The molecule has 3 aromatic carbocycles. The third kappa shape index (κ3) is 5.96. The molecule has 0 spiro atoms. The lowest BCUT2D eigenvalue weighted by atomic mass is 10.0. The quantitative estimate of drug-likeness (QED) is 0.413. The standard InChI is InChI=1S/C25H20FN3O2/c26-20-8-10-21(11-9-20)29-24-16-25(28-17-27-24)31-23-12-6-19(7-13-23)15-22(30)14-18-4-2-1-3-5-18/h1-13,16-17H,14-15H2,(H,27,28,29). The minimum atomic E-state index is -0.303. The van der Waals surface area contributed by atoms with E-state index in [-0.39, 0.29) is 11.6 Å². The predicted octanol–water partition coefficient (Wildman–Crippen LogP) is 5.51. The van der Waals surface area contributed by atoms with Crippen LogP contribution in [0.1, 0.15) is 11.1 Å². The Bertz CT molecular complexity index is 1150. The summed E-state index contributed by atoms with van der Waals surface area (Å²) < 4.78 is 18.8. The van der Waals surface area contributed by atoms with Gasteiger partial charge in [-0.3, -0.25) is 4.79 Å². The largest absolute Gasteiger partial charge is 0.439 e. The van der Waals surface area contributed by atoms with Gasteiger partial charge in [-0.15, -0.1) is 0 Å². The number of hydrogen-bond donors (Lipinski definition) is 1. The van der Waals surface area contributed by atoms with E-state index in [2.05, 4.69) is 15.3 Å². The van der Waals surface area contributed by atoms with E-state index < -0.39 is 0 Å². The molecule has 1 aromatic heterocycles. The van der Waals surface area contributed by atoms with Crippen LogP contribution in [0.5, 0.6) is 11.6 Å². The van der Waals surface area contributed by atoms with Gasteiger partial charge in [0, 0.05) is 24.6 Å². The molecule has 0 aliphatic rings. The summed E-state index contributed by atoms with van der Waals surface area (Å²) >= 11 is 0. The van der Waals surface area contributed by atoms with Gasteiger partial charge >= 0.3 is 0 Å². The minimum Gasteiger partial charge on any atom is -0.439 e. The zero-order valence-electron chi connectivity index (χ0n) is 16.7. The fourth-order valence-corrected chi connectivity index (χ4v) is 3.05. The highest BCUT2D eigenvalue weighted by Gasteiger charge is 2.07. The maximum absolute atomic E-state index is 13.0. The SMILES string of the molecule is O=C(Cc1ccccc1)Cc1ccc(Oc2cc(Nc3ccc(F)cc3)ncn2)cc1. The lowest BCUT2D eigenvalue weighted by Crippen LogP contribution is -2.06. The van der Waals surface area contributed by atoms with Crippen molar-refractivity contribution in [3.63, 3.8) is 0 Å². The van der Waals surface area contributed by atoms with E-state index in [4.69, 9.17) is 4.74 Å². The zero-order valence-corrected chi connectivity index (χ0v) is 16.7. The van der Waals surface area contributed by atoms with Gasteiger partial charge in [0.25, 0.3) is 0 Å². The van der Waals surface area contributed by atoms with Crippen molar-refractivity contribution < 1.29 is 13.9 Å². The molecule has 0 aliphatic carbocycles. The number of carbonyl (C=O) groups excluding carboxylic acids is 1. The van der Waals surface area contributed by atoms with Crippen molar-refractivity contribution in [1.82, 2.24) is 9.97 Å². The van der Waals surface area contributed by atoms with E-state index in [9.17, 15) is 9.18 Å². The Hall–Kier alpha value is -4.06. The smallest absolute Gasteiger partial charge is 0.224 e. The molecular weight excluding hydrogens is 393 g/mol. The van der Waals surface area contributed by atoms with Gasteiger partial charge in [0.1, 0.15) is 29.5 Å². The highest BCUT2D eigenvalue weighted by Crippen LogP contribution is 2.23. The molecule has 1 heterocycles. The second kappa shape index (κ2) is 9.63. The van der Waals surface area contributed by atoms with Crippen LogP contribution in [0.25, 0.3) is 0 Å². The Balaban J connectivity index is 1.35. The molecule has 4 rings (SSSR count). The van der Waals surface area contributed by atoms with Gasteiger partial charge in [-0.25, -0.2) is 14.4 Å². The molecule has 0 radical (unpaired) electrons. The van der Waals surface area contributed by atoms with Crippen molar-refractivity contribution in [2.24, 2.45) is 0 Å². The Morgan fingerprint density at radius 1 is 0.839 bits per heavy atom. The predicted molar refractivity (Wildman–Crippen MR) is 117 cm³/mol. The number of Topliss-reactive ketones (excluding diaryl/α,β-unsaturated/α-hetero) is 1. The van der Waals surface area contributed by atoms with Crippen molar-refractivity contribution >= 4 is 17.3 Å². The number of aromatic nitrogens is 2. The monoisotopic (exact) mass is 413 g/mol. The van der Waals surface area contributed by atoms with Crippen LogP contribution < -0.4 is 10.1 Å². The second-order valence-corrected chi connectivity index (χ2v) is 7.00. The van der Waals surface area contributed by atoms with Gasteiger partial charge in [0.15, 0.2) is 0 Å². The third-order valence-corrected chi connectivity index (χ3v) is 4.55. The summed E-state index contributed by atoms with van der Waals surface area (Å²) in [5.74, 6) is 1.35. The van der Waals surface area contributed by atoms with Crippen LogP contribution in [0.15, 0.2) is 91.3 Å². The number of carbonyl (C=O) groups is 1. The van der Waals surface area contributed by atoms with Crippen LogP contribution in [0.2, 0.25) is 0 Å². The average Bonchev–Trinajstić information content (AvgIpc) is 2.78. The highest BCUT2D eigenvalue weighted by molar-refractivity contribution is 5.83. The minimum absolute atomic E-state index is 0.159. The lowest BCUT2D eigenvalue weighted by molar-refractivity contribution is -0.117. The molecule has 31 heavy (non-hydrogen) atoms. The second-order valence-electron chi connectivity index (χ2n) is 7.00. The lowest BCUT2D eigenvalue weighted by Gasteiger charge is -2.09. The number of anilines is 2. The molecule has 0 saturated heterocycles. The number of nitrogens with one attached hydrogen (secondary N) is 1. The fraction of sp³-hybridized carbons (Fsp3) is 0.0800. The topological polar surface area (TPSA) is 64.1 Å². The summed E-state index contributed by atoms with van der Waals surface area (Å²) in [6, 6.07) is 24.7. The van der Waals surface area contributed by atoms with Gasteiger partial charge < -0.3 is 10.1 Å². The van der Waals surface area contributed by atoms with Crippen LogP contribution in [0.4, 0.5) is 15.9 Å². The molecule has 4 aromatic rings. The molecule has 0 aliphatic heterocycles. The molecular formula is C25H20FN3O2. The van der Waals surface area contributed by atoms with E-state index >= 15 is 0 Å². The molecule has 0 saturated carbocycles. The van der Waals surface area contributed by atoms with Crippen molar-refractivity contribution in [2.75, 3.05) is 5.32 Å². The molecule has 6 heteroatoms. The first-order chi connectivity index (χ1) is 15.1. The van der Waals surface area contributed by atoms with Crippen LogP contribution >= 0.6 is 0 Å². The third-order valence-electron chi connectivity index (χ3n) is 4.55. The van der Waals surface area contributed by atoms with Gasteiger partial charge in [0.2, 0.25) is 5.88 Å². The van der Waals surface area contributed by atoms with Gasteiger partial charge in [0.05, 0.1) is 0 Å². The van der Waals surface area contributed by atoms with Crippen LogP contribution in [0, 0.1) is 5.82 Å². The maximum atomic E-state index is 13.0. The van der Waals surface area contributed by atoms with Crippen LogP contribution in [-0.2, 0) is 17.6 Å². The Morgan fingerprint density at radius 3 is 2.23 bits per heavy atom. The van der Waals surface area contributed by atoms with E-state index in [1.165, 1.54) is 18.5 Å². The number of ketones is 1. The van der Waals surface area contributed by atoms with Gasteiger partial charge in [-0.2, -0.15) is 0 Å². The Kier molecular flexibility index (Phi) is 6.28. The molecule has 0 fully saturated rings. The molecule has 0 unspecified atom stereocenters. The molecule has 1 N–H and O–H groups in total. The number of benzene rings is 3. The van der Waals surface area contributed by atoms with E-state index in [1.54, 1.807) is 30.3 Å². The van der Waals surface area contributed by atoms with Crippen LogP contribution in [0.3, 0.4) is 0 Å². The number of hydrogen-bond acceptors (Lipinski definition) is 5. The Labute approximate surface area is 179 Å². The fourth-order valence-electron chi connectivity index (χ4n) is 3.05. The van der Waals surface area contributed by atoms with Crippen LogP contribution in [-0.4, -0.2) is 15.8 Å². The van der Waals surface area contributed by atoms with E-state index in [0.29, 0.717) is 36.0 Å². The summed E-state index contributed by atoms with van der Waals surface area (Å²) in [6.45, 7) is 0. The number of rotatable bonds is 8. The van der Waals surface area contributed by atoms with E-state index in [1.807, 2.05) is 42.5 Å². The van der Waals surface area contributed by atoms with Crippen molar-refractivity contribution in [1.29, 1.82) is 0 Å². The first kappa shape index (κ1) is 20.2. The number of halogens is 1. The first-order valence-corrected chi connectivity index (χ1v) is 9.81. The number of nitrogens with zero attached hydrogens (tertiary/aromatic N) is 2. The molecule has 0 atom stereocenters. The summed E-state index contributed by atoms with van der Waals surface area (Å²) in [5.41, 5.74) is 2.64. The van der Waals surface area contributed by atoms with Gasteiger partial charge in [-0.1, -0.05) is 42.5 Å². The Morgan fingerprint density at radius 2 is 1.52 bits per heavy atom. The summed E-state index contributed by atoms with van der Waals surface area (Å²) in [5, 5.41) is 3.07. The summed E-state index contributed by atoms with van der Waals surface area (Å²) in [6.07, 6.45) is 2.18. The van der Waals surface area contributed by atoms with Crippen molar-refractivity contribution in [3.05, 3.63) is 108 Å². The van der Waals surface area contributed by atoms with Crippen molar-refractivity contribution in [2.45, 2.75) is 12.8 Å². The molecule has 154 valence electrons. The molecule has 0 bridgehead atoms. The van der Waals surface area contributed by atoms with Crippen molar-refractivity contribution in [3.8, 4) is 11.6 Å². The summed E-state index contributed by atoms with van der Waals surface area (Å²) in [7, 11) is 0. The van der Waals surface area contributed by atoms with Gasteiger partial charge in [-0.05, 0) is 47.5 Å². The molecule has 0 amide bonds. The average molecular weight is 413 g/mol. The highest BCUT2D eigenvalue weighted by atomic mass is 19.1. The summed E-state index contributed by atoms with van der Waals surface area (Å²) in [4.78, 5) is 20.6. The van der Waals surface area contributed by atoms with E-state index in [0.717, 1.165) is 11.1 Å². The number of ether oxygens (including phenoxy) is 1.